The predicted molar refractivity (Wildman–Crippen MR) is 87.5 cm³/mol. The Hall–Kier alpha value is -0.0631. The van der Waals surface area contributed by atoms with Gasteiger partial charge in [0.1, 0.15) is 0 Å². The van der Waals surface area contributed by atoms with Crippen LogP contribution in [0.15, 0.2) is 0 Å². The molecule has 0 aliphatic heterocycles. The summed E-state index contributed by atoms with van der Waals surface area (Å²) in [6.07, 6.45) is 2.05. The van der Waals surface area contributed by atoms with E-state index < -0.39 is 9.28 Å². The number of hydrogen-bond acceptors (Lipinski definition) is 7. The molecule has 134 valence electrons. The highest BCUT2D eigenvalue weighted by Gasteiger charge is 2.13. The van der Waals surface area contributed by atoms with E-state index in [9.17, 15) is 0 Å². The van der Waals surface area contributed by atoms with Crippen molar-refractivity contribution in [2.75, 3.05) is 73.6 Å². The molecule has 7 nitrogen and oxygen atoms in total. The first-order valence-corrected chi connectivity index (χ1v) is 9.67. The lowest BCUT2D eigenvalue weighted by atomic mass is 10.3. The highest BCUT2D eigenvalue weighted by molar-refractivity contribution is 6.44. The highest BCUT2D eigenvalue weighted by Crippen LogP contribution is 2.04. The molecule has 0 radical (unpaired) electrons. The van der Waals surface area contributed by atoms with Crippen LogP contribution in [0.1, 0.15) is 12.8 Å². The van der Waals surface area contributed by atoms with Gasteiger partial charge in [-0.25, -0.2) is 0 Å². The number of rotatable bonds is 18. The van der Waals surface area contributed by atoms with Gasteiger partial charge < -0.3 is 33.5 Å². The molecule has 0 saturated carbocycles. The van der Waals surface area contributed by atoms with Gasteiger partial charge in [-0.15, -0.1) is 0 Å². The average molecular weight is 340 g/mol. The molecule has 2 N–H and O–H groups in total. The molecule has 0 aliphatic rings. The van der Waals surface area contributed by atoms with Gasteiger partial charge in [0.25, 0.3) is 0 Å². The van der Waals surface area contributed by atoms with Crippen LogP contribution in [0.4, 0.5) is 0 Å². The van der Waals surface area contributed by atoms with Crippen molar-refractivity contribution < 1.29 is 27.8 Å². The molecule has 8 heteroatoms. The minimum atomic E-state index is -1.66. The summed E-state index contributed by atoms with van der Waals surface area (Å²) in [6, 6.07) is 0.966. The van der Waals surface area contributed by atoms with Crippen LogP contribution in [0.2, 0.25) is 6.04 Å². The Morgan fingerprint density at radius 3 is 1.64 bits per heavy atom. The largest absolute Gasteiger partial charge is 0.394 e. The summed E-state index contributed by atoms with van der Waals surface area (Å²) < 4.78 is 32.2. The fraction of sp³-hybridized carbons (Fsp3) is 1.00. The molecule has 0 bridgehead atoms. The van der Waals surface area contributed by atoms with E-state index in [-0.39, 0.29) is 0 Å². The smallest absolute Gasteiger partial charge is 0.321 e. The van der Waals surface area contributed by atoms with Crippen LogP contribution >= 0.6 is 0 Å². The SMILES string of the molecule is COCCOCCO[SiH](CCCCN)OCCOCCOC. The van der Waals surface area contributed by atoms with Gasteiger partial charge in [0.2, 0.25) is 0 Å². The van der Waals surface area contributed by atoms with Crippen molar-refractivity contribution in [2.45, 2.75) is 18.9 Å². The Labute approximate surface area is 136 Å². The van der Waals surface area contributed by atoms with E-state index in [1.54, 1.807) is 14.2 Å². The second-order valence-electron chi connectivity index (χ2n) is 4.67. The topological polar surface area (TPSA) is 81.4 Å². The Kier molecular flexibility index (Phi) is 18.9. The Balaban J connectivity index is 3.65. The zero-order chi connectivity index (χ0) is 16.3. The van der Waals surface area contributed by atoms with E-state index in [2.05, 4.69) is 0 Å². The van der Waals surface area contributed by atoms with Gasteiger partial charge >= 0.3 is 9.28 Å². The van der Waals surface area contributed by atoms with Crippen molar-refractivity contribution in [2.24, 2.45) is 5.73 Å². The maximum absolute atomic E-state index is 5.83. The first kappa shape index (κ1) is 21.9. The third-order valence-electron chi connectivity index (χ3n) is 2.82. The monoisotopic (exact) mass is 339 g/mol. The summed E-state index contributed by atoms with van der Waals surface area (Å²) in [4.78, 5) is 0. The molecule has 0 amide bonds. The number of unbranched alkanes of at least 4 members (excludes halogenated alkanes) is 1. The Bertz CT molecular complexity index is 198. The summed E-state index contributed by atoms with van der Waals surface area (Å²) >= 11 is 0. The van der Waals surface area contributed by atoms with Crippen LogP contribution in [0, 0.1) is 0 Å². The van der Waals surface area contributed by atoms with Crippen LogP contribution in [0.3, 0.4) is 0 Å². The quantitative estimate of drug-likeness (QED) is 0.284. The van der Waals surface area contributed by atoms with Gasteiger partial charge in [-0.2, -0.15) is 0 Å². The molecule has 0 saturated heterocycles. The van der Waals surface area contributed by atoms with E-state index in [1.165, 1.54) is 0 Å². The van der Waals surface area contributed by atoms with Crippen LogP contribution in [0.25, 0.3) is 0 Å². The molecule has 0 aliphatic carbocycles. The maximum atomic E-state index is 5.83. The molecule has 0 unspecified atom stereocenters. The Morgan fingerprint density at radius 2 is 1.18 bits per heavy atom. The molecule has 0 aromatic rings. The molecule has 0 aromatic carbocycles. The van der Waals surface area contributed by atoms with Crippen LogP contribution < -0.4 is 5.73 Å². The fourth-order valence-electron chi connectivity index (χ4n) is 1.64. The number of ether oxygens (including phenoxy) is 4. The van der Waals surface area contributed by atoms with E-state index in [4.69, 9.17) is 33.5 Å². The number of methoxy groups -OCH3 is 2. The van der Waals surface area contributed by atoms with Gasteiger partial charge in [0.05, 0.1) is 52.9 Å². The van der Waals surface area contributed by atoms with Gasteiger partial charge in [-0.05, 0) is 19.0 Å². The standard InChI is InChI=1S/C14H33NO6Si/c1-16-6-8-18-10-12-20-22(14-4-3-5-15)21-13-11-19-9-7-17-2/h22H,3-15H2,1-2H3. The summed E-state index contributed by atoms with van der Waals surface area (Å²) in [6.45, 7) is 5.36. The minimum Gasteiger partial charge on any atom is -0.394 e. The van der Waals surface area contributed by atoms with Crippen molar-refractivity contribution in [3.05, 3.63) is 0 Å². The summed E-state index contributed by atoms with van der Waals surface area (Å²) in [5.41, 5.74) is 5.52. The highest BCUT2D eigenvalue weighted by atomic mass is 28.3. The average Bonchev–Trinajstić information content (AvgIpc) is 2.53. The minimum absolute atomic E-state index is 0.563. The van der Waals surface area contributed by atoms with Gasteiger partial charge in [-0.3, -0.25) is 0 Å². The van der Waals surface area contributed by atoms with Gasteiger partial charge in [0, 0.05) is 14.2 Å². The van der Waals surface area contributed by atoms with Crippen molar-refractivity contribution >= 4 is 9.28 Å². The van der Waals surface area contributed by atoms with Crippen molar-refractivity contribution in [3.63, 3.8) is 0 Å². The molecule has 0 fully saturated rings. The van der Waals surface area contributed by atoms with Crippen LogP contribution in [0.5, 0.6) is 0 Å². The van der Waals surface area contributed by atoms with Gasteiger partial charge in [0.15, 0.2) is 0 Å². The molecule has 22 heavy (non-hydrogen) atoms. The second kappa shape index (κ2) is 19.0. The molecule has 0 rings (SSSR count). The molecular weight excluding hydrogens is 306 g/mol. The lowest BCUT2D eigenvalue weighted by molar-refractivity contribution is 0.0367. The van der Waals surface area contributed by atoms with E-state index in [0.29, 0.717) is 59.4 Å². The lowest BCUT2D eigenvalue weighted by Gasteiger charge is -2.17. The third-order valence-corrected chi connectivity index (χ3v) is 4.91. The molecular formula is C14H33NO6Si. The van der Waals surface area contributed by atoms with Gasteiger partial charge in [-0.1, -0.05) is 6.42 Å². The normalized spacial score (nSPS) is 11.5. The van der Waals surface area contributed by atoms with Crippen molar-refractivity contribution in [1.82, 2.24) is 0 Å². The van der Waals surface area contributed by atoms with Crippen LogP contribution in [-0.4, -0.2) is 82.9 Å². The van der Waals surface area contributed by atoms with Crippen LogP contribution in [-0.2, 0) is 27.8 Å². The molecule has 0 aromatic heterocycles. The van der Waals surface area contributed by atoms with E-state index in [1.807, 2.05) is 0 Å². The molecule has 0 atom stereocenters. The molecule has 0 heterocycles. The number of nitrogens with two attached hydrogens (primary N) is 1. The summed E-state index contributed by atoms with van der Waals surface area (Å²) in [7, 11) is 1.65. The maximum Gasteiger partial charge on any atom is 0.321 e. The molecule has 0 spiro atoms. The van der Waals surface area contributed by atoms with Crippen molar-refractivity contribution in [3.8, 4) is 0 Å². The summed E-state index contributed by atoms with van der Waals surface area (Å²) in [5.74, 6) is 0. The Morgan fingerprint density at radius 1 is 0.682 bits per heavy atom. The summed E-state index contributed by atoms with van der Waals surface area (Å²) in [5, 5.41) is 0. The lowest BCUT2D eigenvalue weighted by Crippen LogP contribution is -2.27. The van der Waals surface area contributed by atoms with E-state index >= 15 is 0 Å². The second-order valence-corrected chi connectivity index (χ2v) is 6.77. The third kappa shape index (κ3) is 16.3. The fourth-order valence-corrected chi connectivity index (χ4v) is 3.41. The zero-order valence-corrected chi connectivity index (χ0v) is 15.2. The van der Waals surface area contributed by atoms with E-state index in [0.717, 1.165) is 18.9 Å². The first-order chi connectivity index (χ1) is 10.8. The zero-order valence-electron chi connectivity index (χ0n) is 14.1. The number of hydrogen-bond donors (Lipinski definition) is 1. The first-order valence-electron chi connectivity index (χ1n) is 7.91. The van der Waals surface area contributed by atoms with Crippen molar-refractivity contribution in [1.29, 1.82) is 0 Å². The predicted octanol–water partition coefficient (Wildman–Crippen LogP) is 0.305.